The molecule has 0 saturated heterocycles. The van der Waals surface area contributed by atoms with Crippen LogP contribution in [0.4, 0.5) is 5.69 Å². The fraction of sp³-hybridized carbons (Fsp3) is 0.364. The first-order valence-corrected chi connectivity index (χ1v) is 14.5. The molecular weight excluding hydrogens is 548 g/mol. The van der Waals surface area contributed by atoms with Gasteiger partial charge in [0, 0.05) is 56.6 Å². The van der Waals surface area contributed by atoms with Crippen molar-refractivity contribution >= 4 is 23.2 Å². The fourth-order valence-electron chi connectivity index (χ4n) is 5.36. The van der Waals surface area contributed by atoms with Gasteiger partial charge in [-0.1, -0.05) is 44.2 Å². The molecule has 3 heterocycles. The number of hydrogen-bond donors (Lipinski definition) is 1. The Kier molecular flexibility index (Phi) is 10.1. The van der Waals surface area contributed by atoms with Crippen LogP contribution < -0.4 is 0 Å². The van der Waals surface area contributed by atoms with Crippen LogP contribution in [0.1, 0.15) is 70.1 Å². The molecule has 3 aromatic heterocycles. The van der Waals surface area contributed by atoms with E-state index in [2.05, 4.69) is 0 Å². The highest BCUT2D eigenvalue weighted by atomic mass is 16.6. The number of aryl methyl sites for hydroxylation is 4. The number of Topliss-reactive ketones (excluding diaryl/α,β-unsaturated/α-hetero) is 2. The number of carbonyl (C=O) groups excluding carboxylic acids is 2. The van der Waals surface area contributed by atoms with Gasteiger partial charge in [-0.15, -0.1) is 0 Å². The minimum atomic E-state index is -0.881. The van der Waals surface area contributed by atoms with E-state index in [-0.39, 0.29) is 48.1 Å². The smallest absolute Gasteiger partial charge is 0.305 e. The quantitative estimate of drug-likeness (QED) is 0.0985. The molecular formula is C33H38N4O6. The second-order valence-corrected chi connectivity index (χ2v) is 11.4. The molecule has 1 aromatic carbocycles. The van der Waals surface area contributed by atoms with Gasteiger partial charge in [0.15, 0.2) is 11.6 Å². The SMILES string of the molecule is Cc1cc(CC(=O)c2cc(CC(=O)c3cc([N+](=O)[O-])cn3CCCc3ccccc3)cn2CC(C)C)cn1CCC(=O)O. The lowest BCUT2D eigenvalue weighted by Crippen LogP contribution is -2.13. The highest BCUT2D eigenvalue weighted by Gasteiger charge is 2.22. The van der Waals surface area contributed by atoms with Crippen LogP contribution in [0.3, 0.4) is 0 Å². The Hall–Kier alpha value is -4.73. The third-order valence-corrected chi connectivity index (χ3v) is 7.35. The number of ketones is 2. The summed E-state index contributed by atoms with van der Waals surface area (Å²) >= 11 is 0. The van der Waals surface area contributed by atoms with Crippen LogP contribution in [0.5, 0.6) is 0 Å². The van der Waals surface area contributed by atoms with E-state index < -0.39 is 10.9 Å². The first kappa shape index (κ1) is 31.2. The van der Waals surface area contributed by atoms with Gasteiger partial charge in [-0.25, -0.2) is 0 Å². The number of hydrogen-bond acceptors (Lipinski definition) is 5. The number of aromatic nitrogens is 3. The van der Waals surface area contributed by atoms with Crippen molar-refractivity contribution < 1.29 is 24.4 Å². The molecule has 4 rings (SSSR count). The lowest BCUT2D eigenvalue weighted by atomic mass is 10.1. The van der Waals surface area contributed by atoms with Gasteiger partial charge in [0.1, 0.15) is 0 Å². The predicted octanol–water partition coefficient (Wildman–Crippen LogP) is 5.92. The summed E-state index contributed by atoms with van der Waals surface area (Å²) in [6, 6.07) is 14.9. The van der Waals surface area contributed by atoms with Crippen LogP contribution in [0.2, 0.25) is 0 Å². The Bertz CT molecular complexity index is 1610. The zero-order valence-corrected chi connectivity index (χ0v) is 24.9. The molecule has 0 bridgehead atoms. The Balaban J connectivity index is 1.51. The molecule has 0 radical (unpaired) electrons. The summed E-state index contributed by atoms with van der Waals surface area (Å²) in [5, 5.41) is 20.5. The monoisotopic (exact) mass is 586 g/mol. The maximum absolute atomic E-state index is 13.5. The summed E-state index contributed by atoms with van der Waals surface area (Å²) in [6.45, 7) is 7.36. The summed E-state index contributed by atoms with van der Waals surface area (Å²) in [5.74, 6) is -0.978. The highest BCUT2D eigenvalue weighted by molar-refractivity contribution is 5.99. The van der Waals surface area contributed by atoms with Gasteiger partial charge < -0.3 is 18.8 Å². The molecule has 0 atom stereocenters. The number of carboxylic acid groups (broad SMARTS) is 1. The molecule has 0 spiro atoms. The van der Waals surface area contributed by atoms with Crippen molar-refractivity contribution in [3.05, 3.63) is 111 Å². The van der Waals surface area contributed by atoms with Gasteiger partial charge in [0.25, 0.3) is 5.69 Å². The van der Waals surface area contributed by atoms with E-state index >= 15 is 0 Å². The molecule has 10 nitrogen and oxygen atoms in total. The molecule has 1 N–H and O–H groups in total. The number of nitro groups is 1. The third kappa shape index (κ3) is 8.41. The van der Waals surface area contributed by atoms with E-state index in [1.807, 2.05) is 78.7 Å². The van der Waals surface area contributed by atoms with Crippen molar-refractivity contribution in [2.24, 2.45) is 5.92 Å². The Morgan fingerprint density at radius 2 is 1.47 bits per heavy atom. The van der Waals surface area contributed by atoms with Crippen molar-refractivity contribution in [3.63, 3.8) is 0 Å². The minimum absolute atomic E-state index is 0.00288. The zero-order chi connectivity index (χ0) is 31.1. The van der Waals surface area contributed by atoms with Crippen LogP contribution in [-0.2, 0) is 43.7 Å². The third-order valence-electron chi connectivity index (χ3n) is 7.35. The second kappa shape index (κ2) is 14.0. The van der Waals surface area contributed by atoms with Gasteiger partial charge in [0.05, 0.1) is 28.9 Å². The summed E-state index contributed by atoms with van der Waals surface area (Å²) in [6.07, 6.45) is 6.71. The van der Waals surface area contributed by atoms with E-state index in [4.69, 9.17) is 5.11 Å². The van der Waals surface area contributed by atoms with E-state index in [1.165, 1.54) is 12.3 Å². The molecule has 0 saturated carbocycles. The summed E-state index contributed by atoms with van der Waals surface area (Å²) < 4.78 is 5.38. The van der Waals surface area contributed by atoms with Crippen molar-refractivity contribution in [1.29, 1.82) is 0 Å². The topological polar surface area (TPSA) is 129 Å². The van der Waals surface area contributed by atoms with E-state index in [0.717, 1.165) is 29.7 Å². The normalized spacial score (nSPS) is 11.3. The molecule has 0 amide bonds. The zero-order valence-electron chi connectivity index (χ0n) is 24.9. The molecule has 0 aliphatic carbocycles. The molecule has 226 valence electrons. The van der Waals surface area contributed by atoms with Crippen molar-refractivity contribution in [3.8, 4) is 0 Å². The van der Waals surface area contributed by atoms with E-state index in [0.29, 0.717) is 30.9 Å². The molecule has 0 fully saturated rings. The summed E-state index contributed by atoms with van der Waals surface area (Å²) in [4.78, 5) is 48.9. The van der Waals surface area contributed by atoms with Gasteiger partial charge in [-0.05, 0) is 54.5 Å². The van der Waals surface area contributed by atoms with Crippen LogP contribution in [-0.4, -0.2) is 41.3 Å². The van der Waals surface area contributed by atoms with Gasteiger partial charge >= 0.3 is 5.97 Å². The number of nitrogens with zero attached hydrogens (tertiary/aromatic N) is 4. The second-order valence-electron chi connectivity index (χ2n) is 11.4. The van der Waals surface area contributed by atoms with E-state index in [1.54, 1.807) is 10.6 Å². The molecule has 4 aromatic rings. The lowest BCUT2D eigenvalue weighted by Gasteiger charge is -2.10. The van der Waals surface area contributed by atoms with Crippen molar-refractivity contribution in [2.75, 3.05) is 0 Å². The summed E-state index contributed by atoms with van der Waals surface area (Å²) in [7, 11) is 0. The molecule has 43 heavy (non-hydrogen) atoms. The average Bonchev–Trinajstić information content (AvgIpc) is 3.64. The number of carbonyl (C=O) groups is 3. The van der Waals surface area contributed by atoms with Gasteiger partial charge in [-0.3, -0.25) is 24.5 Å². The van der Waals surface area contributed by atoms with E-state index in [9.17, 15) is 24.5 Å². The van der Waals surface area contributed by atoms with Gasteiger partial charge in [-0.2, -0.15) is 0 Å². The maximum atomic E-state index is 13.5. The Morgan fingerprint density at radius 1 is 0.837 bits per heavy atom. The largest absolute Gasteiger partial charge is 0.481 e. The number of aliphatic carboxylic acids is 1. The first-order chi connectivity index (χ1) is 20.5. The Morgan fingerprint density at radius 3 is 2.09 bits per heavy atom. The standard InChI is InChI=1S/C33H38N4O6/c1-23(2)19-36-21-27(15-29(36)31(38)16-26-14-24(3)34(20-26)13-11-33(40)41)17-32(39)30-18-28(37(42)43)22-35(30)12-7-10-25-8-5-4-6-9-25/h4-6,8-9,14-15,18,20-23H,7,10-13,16-17,19H2,1-3H3,(H,40,41). The predicted molar refractivity (Wildman–Crippen MR) is 163 cm³/mol. The molecule has 0 aliphatic heterocycles. The fourth-order valence-corrected chi connectivity index (χ4v) is 5.36. The summed E-state index contributed by atoms with van der Waals surface area (Å²) in [5.41, 5.74) is 4.16. The highest BCUT2D eigenvalue weighted by Crippen LogP contribution is 2.22. The van der Waals surface area contributed by atoms with Crippen LogP contribution in [0.25, 0.3) is 0 Å². The number of benzene rings is 1. The van der Waals surface area contributed by atoms with Gasteiger partial charge in [0.2, 0.25) is 0 Å². The number of carboxylic acids is 1. The molecule has 0 aliphatic rings. The lowest BCUT2D eigenvalue weighted by molar-refractivity contribution is -0.384. The van der Waals surface area contributed by atoms with Crippen LogP contribution >= 0.6 is 0 Å². The molecule has 10 heteroatoms. The first-order valence-electron chi connectivity index (χ1n) is 14.5. The minimum Gasteiger partial charge on any atom is -0.481 e. The van der Waals surface area contributed by atoms with Crippen molar-refractivity contribution in [2.45, 2.75) is 72.5 Å². The maximum Gasteiger partial charge on any atom is 0.305 e. The van der Waals surface area contributed by atoms with Crippen LogP contribution in [0.15, 0.2) is 67.1 Å². The average molecular weight is 587 g/mol. The van der Waals surface area contributed by atoms with Crippen molar-refractivity contribution in [1.82, 2.24) is 13.7 Å². The Labute approximate surface area is 250 Å². The number of rotatable bonds is 16. The molecule has 0 unspecified atom stereocenters. The van der Waals surface area contributed by atoms with Crippen LogP contribution in [0, 0.1) is 23.0 Å².